The molecule has 0 fully saturated rings. The molecule has 0 radical (unpaired) electrons. The van der Waals surface area contributed by atoms with E-state index in [1.807, 2.05) is 17.5 Å². The number of hydrogen-bond acceptors (Lipinski definition) is 6. The van der Waals surface area contributed by atoms with Crippen molar-refractivity contribution in [1.29, 1.82) is 0 Å². The van der Waals surface area contributed by atoms with Crippen molar-refractivity contribution in [1.82, 2.24) is 14.9 Å². The predicted octanol–water partition coefficient (Wildman–Crippen LogP) is 3.66. The van der Waals surface area contributed by atoms with Gasteiger partial charge in [-0.3, -0.25) is 10.3 Å². The zero-order valence-electron chi connectivity index (χ0n) is 14.9. The van der Waals surface area contributed by atoms with Gasteiger partial charge in [0.1, 0.15) is 0 Å². The van der Waals surface area contributed by atoms with E-state index >= 15 is 0 Å². The molecule has 1 N–H and O–H groups in total. The summed E-state index contributed by atoms with van der Waals surface area (Å²) in [4.78, 5) is 33.9. The quantitative estimate of drug-likeness (QED) is 0.681. The molecule has 0 aliphatic heterocycles. The highest BCUT2D eigenvalue weighted by molar-refractivity contribution is 7.14. The number of hydrogen-bond donors (Lipinski definition) is 1. The fourth-order valence-corrected chi connectivity index (χ4v) is 3.08. The number of thiazole rings is 1. The minimum absolute atomic E-state index is 0.265. The largest absolute Gasteiger partial charge is 0.465 e. The third kappa shape index (κ3) is 4.68. The normalized spacial score (nSPS) is 10.3. The monoisotopic (exact) mass is 382 g/mol. The fraction of sp³-hybridized carbons (Fsp3) is 0.158. The number of ether oxygens (including phenoxy) is 1. The number of methoxy groups -OCH3 is 1. The zero-order valence-corrected chi connectivity index (χ0v) is 15.7. The maximum atomic E-state index is 12.4. The van der Waals surface area contributed by atoms with Crippen LogP contribution in [0.4, 0.5) is 9.93 Å². The van der Waals surface area contributed by atoms with Gasteiger partial charge in [-0.2, -0.15) is 0 Å². The Hall–Kier alpha value is -3.26. The Labute approximate surface area is 160 Å². The molecular formula is C19H18N4O3S. The Kier molecular flexibility index (Phi) is 5.77. The van der Waals surface area contributed by atoms with Crippen molar-refractivity contribution in [2.45, 2.75) is 6.54 Å². The summed E-state index contributed by atoms with van der Waals surface area (Å²) in [6, 6.07) is 10.4. The number of pyridine rings is 1. The van der Waals surface area contributed by atoms with Gasteiger partial charge in [-0.1, -0.05) is 12.1 Å². The molecule has 3 aromatic rings. The second kappa shape index (κ2) is 8.41. The first kappa shape index (κ1) is 18.5. The first-order valence-corrected chi connectivity index (χ1v) is 9.00. The number of nitrogens with zero attached hydrogens (tertiary/aromatic N) is 3. The lowest BCUT2D eigenvalue weighted by molar-refractivity contribution is 0.0600. The Morgan fingerprint density at radius 2 is 2.00 bits per heavy atom. The van der Waals surface area contributed by atoms with Crippen LogP contribution < -0.4 is 5.32 Å². The van der Waals surface area contributed by atoms with E-state index in [0.717, 1.165) is 16.8 Å². The smallest absolute Gasteiger partial charge is 0.337 e. The van der Waals surface area contributed by atoms with Crippen LogP contribution in [0.1, 0.15) is 15.9 Å². The predicted molar refractivity (Wildman–Crippen MR) is 104 cm³/mol. The second-order valence-corrected chi connectivity index (χ2v) is 6.61. The van der Waals surface area contributed by atoms with Gasteiger partial charge in [0.05, 0.1) is 18.4 Å². The minimum atomic E-state index is -0.388. The molecule has 2 heterocycles. The van der Waals surface area contributed by atoms with Gasteiger partial charge in [-0.05, 0) is 29.8 Å². The van der Waals surface area contributed by atoms with E-state index in [-0.39, 0.29) is 12.0 Å². The Balaban J connectivity index is 1.59. The molecule has 0 aliphatic carbocycles. The van der Waals surface area contributed by atoms with Crippen molar-refractivity contribution < 1.29 is 14.3 Å². The van der Waals surface area contributed by atoms with Gasteiger partial charge in [0.15, 0.2) is 5.13 Å². The standard InChI is InChI=1S/C19H18N4O3S/c1-23(11-13-5-7-14(8-6-13)17(24)26-2)19(25)22-18-21-16(12-27-18)15-4-3-9-20-10-15/h3-10,12H,11H2,1-2H3,(H,21,22,25). The summed E-state index contributed by atoms with van der Waals surface area (Å²) >= 11 is 1.36. The van der Waals surface area contributed by atoms with Gasteiger partial charge < -0.3 is 9.64 Å². The Morgan fingerprint density at radius 1 is 1.22 bits per heavy atom. The lowest BCUT2D eigenvalue weighted by Crippen LogP contribution is -2.30. The van der Waals surface area contributed by atoms with Crippen molar-refractivity contribution in [2.24, 2.45) is 0 Å². The van der Waals surface area contributed by atoms with Crippen LogP contribution in [0.5, 0.6) is 0 Å². The average Bonchev–Trinajstić information content (AvgIpc) is 3.17. The van der Waals surface area contributed by atoms with Crippen LogP contribution in [0.25, 0.3) is 11.3 Å². The highest BCUT2D eigenvalue weighted by Crippen LogP contribution is 2.24. The summed E-state index contributed by atoms with van der Waals surface area (Å²) in [5, 5.41) is 5.18. The third-order valence-corrected chi connectivity index (χ3v) is 4.57. The van der Waals surface area contributed by atoms with E-state index in [1.165, 1.54) is 23.3 Å². The van der Waals surface area contributed by atoms with Crippen LogP contribution in [0.3, 0.4) is 0 Å². The van der Waals surface area contributed by atoms with Crippen LogP contribution in [-0.2, 0) is 11.3 Å². The number of rotatable bonds is 5. The minimum Gasteiger partial charge on any atom is -0.465 e. The SMILES string of the molecule is COC(=O)c1ccc(CN(C)C(=O)Nc2nc(-c3cccnc3)cs2)cc1. The number of amides is 2. The van der Waals surface area contributed by atoms with Crippen LogP contribution in [-0.4, -0.2) is 41.0 Å². The lowest BCUT2D eigenvalue weighted by Gasteiger charge is -2.17. The van der Waals surface area contributed by atoms with Crippen molar-refractivity contribution in [3.05, 3.63) is 65.3 Å². The molecule has 8 heteroatoms. The van der Waals surface area contributed by atoms with Crippen LogP contribution in [0.2, 0.25) is 0 Å². The molecule has 7 nitrogen and oxygen atoms in total. The summed E-state index contributed by atoms with van der Waals surface area (Å²) in [5.41, 5.74) is 3.03. The molecule has 0 spiro atoms. The van der Waals surface area contributed by atoms with Crippen molar-refractivity contribution in [3.63, 3.8) is 0 Å². The Bertz CT molecular complexity index is 926. The number of urea groups is 1. The topological polar surface area (TPSA) is 84.4 Å². The molecule has 0 bridgehead atoms. The summed E-state index contributed by atoms with van der Waals surface area (Å²) in [6.07, 6.45) is 3.43. The maximum Gasteiger partial charge on any atom is 0.337 e. The molecule has 0 aliphatic rings. The molecule has 1 aromatic carbocycles. The molecule has 3 rings (SSSR count). The first-order chi connectivity index (χ1) is 13.1. The number of carbonyl (C=O) groups excluding carboxylic acids is 2. The van der Waals surface area contributed by atoms with Gasteiger partial charge in [0, 0.05) is 36.9 Å². The number of anilines is 1. The van der Waals surface area contributed by atoms with Gasteiger partial charge >= 0.3 is 12.0 Å². The van der Waals surface area contributed by atoms with E-state index in [1.54, 1.807) is 43.7 Å². The summed E-state index contributed by atoms with van der Waals surface area (Å²) in [7, 11) is 3.03. The molecule has 2 amide bonds. The maximum absolute atomic E-state index is 12.4. The first-order valence-electron chi connectivity index (χ1n) is 8.12. The number of aromatic nitrogens is 2. The molecule has 0 saturated heterocycles. The average molecular weight is 382 g/mol. The zero-order chi connectivity index (χ0) is 19.2. The highest BCUT2D eigenvalue weighted by Gasteiger charge is 2.13. The number of esters is 1. The van der Waals surface area contributed by atoms with Gasteiger partial charge in [0.2, 0.25) is 0 Å². The summed E-state index contributed by atoms with van der Waals surface area (Å²) < 4.78 is 4.67. The Morgan fingerprint density at radius 3 is 2.67 bits per heavy atom. The molecule has 0 saturated carbocycles. The van der Waals surface area contributed by atoms with E-state index in [9.17, 15) is 9.59 Å². The van der Waals surface area contributed by atoms with Crippen LogP contribution in [0.15, 0.2) is 54.2 Å². The van der Waals surface area contributed by atoms with Crippen LogP contribution in [0, 0.1) is 0 Å². The van der Waals surface area contributed by atoms with E-state index < -0.39 is 0 Å². The molecular weight excluding hydrogens is 364 g/mol. The van der Waals surface area contributed by atoms with Crippen molar-refractivity contribution in [2.75, 3.05) is 19.5 Å². The van der Waals surface area contributed by atoms with Gasteiger partial charge in [-0.15, -0.1) is 11.3 Å². The van der Waals surface area contributed by atoms with E-state index in [4.69, 9.17) is 0 Å². The van der Waals surface area contributed by atoms with Crippen molar-refractivity contribution in [3.8, 4) is 11.3 Å². The van der Waals surface area contributed by atoms with E-state index in [2.05, 4.69) is 20.0 Å². The molecule has 2 aromatic heterocycles. The third-order valence-electron chi connectivity index (χ3n) is 3.82. The molecule has 0 atom stereocenters. The van der Waals surface area contributed by atoms with Gasteiger partial charge in [0.25, 0.3) is 0 Å². The van der Waals surface area contributed by atoms with Gasteiger partial charge in [-0.25, -0.2) is 14.6 Å². The fourth-order valence-electron chi connectivity index (χ4n) is 2.37. The molecule has 27 heavy (non-hydrogen) atoms. The van der Waals surface area contributed by atoms with E-state index in [0.29, 0.717) is 17.2 Å². The summed E-state index contributed by atoms with van der Waals surface area (Å²) in [6.45, 7) is 0.397. The highest BCUT2D eigenvalue weighted by atomic mass is 32.1. The second-order valence-electron chi connectivity index (χ2n) is 5.75. The van der Waals surface area contributed by atoms with Crippen LogP contribution >= 0.6 is 11.3 Å². The molecule has 0 unspecified atom stereocenters. The molecule has 138 valence electrons. The lowest BCUT2D eigenvalue weighted by atomic mass is 10.1. The summed E-state index contributed by atoms with van der Waals surface area (Å²) in [5.74, 6) is -0.388. The van der Waals surface area contributed by atoms with Crippen molar-refractivity contribution >= 4 is 28.5 Å². The number of benzene rings is 1. The number of nitrogens with one attached hydrogen (secondary N) is 1. The number of carbonyl (C=O) groups is 2.